The van der Waals surface area contributed by atoms with E-state index in [-0.39, 0.29) is 11.7 Å². The Morgan fingerprint density at radius 2 is 2.03 bits per heavy atom. The maximum absolute atomic E-state index is 12.7. The van der Waals surface area contributed by atoms with Gasteiger partial charge in [-0.1, -0.05) is 23.7 Å². The van der Waals surface area contributed by atoms with Crippen LogP contribution < -0.4 is 10.2 Å². The summed E-state index contributed by atoms with van der Waals surface area (Å²) in [6.07, 6.45) is 3.88. The molecule has 1 saturated heterocycles. The van der Waals surface area contributed by atoms with Gasteiger partial charge in [0.1, 0.15) is 5.82 Å². The number of rotatable bonds is 5. The largest absolute Gasteiger partial charge is 0.356 e. The van der Waals surface area contributed by atoms with Gasteiger partial charge in [0, 0.05) is 36.0 Å². The van der Waals surface area contributed by atoms with Crippen LogP contribution in [0.25, 0.3) is 16.7 Å². The molecule has 7 heteroatoms. The molecule has 0 atom stereocenters. The van der Waals surface area contributed by atoms with Crippen molar-refractivity contribution >= 4 is 34.4 Å². The number of hydrogen-bond acceptors (Lipinski definition) is 4. The Morgan fingerprint density at radius 3 is 2.72 bits per heavy atom. The van der Waals surface area contributed by atoms with Gasteiger partial charge in [-0.3, -0.25) is 9.36 Å². The third-order valence-corrected chi connectivity index (χ3v) is 5.65. The first kappa shape index (κ1) is 19.5. The number of carbonyl (C=O) groups excluding carboxylic acids is 1. The van der Waals surface area contributed by atoms with Crippen LogP contribution >= 0.6 is 11.6 Å². The van der Waals surface area contributed by atoms with Crippen LogP contribution in [-0.4, -0.2) is 40.1 Å². The van der Waals surface area contributed by atoms with Crippen LogP contribution in [0.2, 0.25) is 5.02 Å². The minimum atomic E-state index is -0.304. The fraction of sp³-hybridized carbons (Fsp3) is 0.318. The summed E-state index contributed by atoms with van der Waals surface area (Å²) in [6.45, 7) is 10.0. The van der Waals surface area contributed by atoms with Gasteiger partial charge in [0.05, 0.1) is 5.39 Å². The van der Waals surface area contributed by atoms with Gasteiger partial charge in [-0.15, -0.1) is 6.58 Å². The van der Waals surface area contributed by atoms with Gasteiger partial charge in [-0.05, 0) is 50.5 Å². The van der Waals surface area contributed by atoms with Crippen molar-refractivity contribution in [2.24, 2.45) is 0 Å². The van der Waals surface area contributed by atoms with E-state index in [1.165, 1.54) is 0 Å². The summed E-state index contributed by atoms with van der Waals surface area (Å²) < 4.78 is 2.06. The van der Waals surface area contributed by atoms with Gasteiger partial charge in [0.25, 0.3) is 5.91 Å². The van der Waals surface area contributed by atoms with Gasteiger partial charge >= 0.3 is 0 Å². The van der Waals surface area contributed by atoms with E-state index in [2.05, 4.69) is 40.2 Å². The second kappa shape index (κ2) is 7.87. The molecule has 3 heterocycles. The summed E-state index contributed by atoms with van der Waals surface area (Å²) in [5.41, 5.74) is 3.81. The first-order chi connectivity index (χ1) is 14.0. The maximum Gasteiger partial charge on any atom is 0.289 e. The Balaban J connectivity index is 1.99. The lowest BCUT2D eigenvalue weighted by Gasteiger charge is -2.19. The van der Waals surface area contributed by atoms with Crippen molar-refractivity contribution in [3.8, 4) is 5.69 Å². The standard InChI is InChI=1S/C22H24ClN5O/c1-4-10-24-22(29)19-25-20(27-11-5-6-12-27)18-14(2)15(3)28(21(18)26-19)17-9-7-8-16(23)13-17/h4,7-9,13H,1,5-6,10-12H2,2-3H3,(H,24,29). The number of aromatic nitrogens is 3. The molecule has 1 aliphatic heterocycles. The van der Waals surface area contributed by atoms with E-state index in [0.717, 1.165) is 59.7 Å². The van der Waals surface area contributed by atoms with Crippen LogP contribution in [-0.2, 0) is 0 Å². The number of carbonyl (C=O) groups is 1. The number of anilines is 1. The monoisotopic (exact) mass is 409 g/mol. The Morgan fingerprint density at radius 1 is 1.28 bits per heavy atom. The highest BCUT2D eigenvalue weighted by Gasteiger charge is 2.25. The topological polar surface area (TPSA) is 63.1 Å². The van der Waals surface area contributed by atoms with E-state index in [9.17, 15) is 4.79 Å². The second-order valence-electron chi connectivity index (χ2n) is 7.29. The van der Waals surface area contributed by atoms with Crippen LogP contribution in [0.5, 0.6) is 0 Å². The zero-order valence-electron chi connectivity index (χ0n) is 16.7. The van der Waals surface area contributed by atoms with Gasteiger partial charge in [-0.2, -0.15) is 0 Å². The highest BCUT2D eigenvalue weighted by atomic mass is 35.5. The average Bonchev–Trinajstić information content (AvgIpc) is 3.33. The lowest BCUT2D eigenvalue weighted by molar-refractivity contribution is 0.0948. The molecule has 6 nitrogen and oxygen atoms in total. The Kier molecular flexibility index (Phi) is 5.28. The van der Waals surface area contributed by atoms with Crippen LogP contribution in [0.1, 0.15) is 34.7 Å². The van der Waals surface area contributed by atoms with Gasteiger partial charge in [-0.25, -0.2) is 9.97 Å². The normalized spacial score (nSPS) is 13.8. The molecule has 4 rings (SSSR count). The van der Waals surface area contributed by atoms with Crippen molar-refractivity contribution in [1.82, 2.24) is 19.9 Å². The summed E-state index contributed by atoms with van der Waals surface area (Å²) in [7, 11) is 0. The Hall–Kier alpha value is -2.86. The zero-order chi connectivity index (χ0) is 20.5. The summed E-state index contributed by atoms with van der Waals surface area (Å²) >= 11 is 6.25. The molecule has 0 unspecified atom stereocenters. The molecule has 1 aliphatic rings. The molecule has 0 spiro atoms. The minimum Gasteiger partial charge on any atom is -0.356 e. The van der Waals surface area contributed by atoms with Crippen molar-refractivity contribution in [3.63, 3.8) is 0 Å². The van der Waals surface area contributed by atoms with Crippen LogP contribution in [0.15, 0.2) is 36.9 Å². The lowest BCUT2D eigenvalue weighted by atomic mass is 10.2. The molecule has 1 N–H and O–H groups in total. The molecule has 150 valence electrons. The summed E-state index contributed by atoms with van der Waals surface area (Å²) in [4.78, 5) is 24.3. The molecule has 3 aromatic rings. The van der Waals surface area contributed by atoms with E-state index in [1.54, 1.807) is 6.08 Å². The number of amides is 1. The molecular formula is C22H24ClN5O. The summed E-state index contributed by atoms with van der Waals surface area (Å²) in [6, 6.07) is 7.66. The highest BCUT2D eigenvalue weighted by Crippen LogP contribution is 2.35. The predicted molar refractivity (Wildman–Crippen MR) is 117 cm³/mol. The molecule has 2 aromatic heterocycles. The third-order valence-electron chi connectivity index (χ3n) is 5.42. The number of fused-ring (bicyclic) bond motifs is 1. The number of aryl methyl sites for hydroxylation is 1. The molecular weight excluding hydrogens is 386 g/mol. The van der Waals surface area contributed by atoms with Crippen LogP contribution in [0, 0.1) is 13.8 Å². The SMILES string of the molecule is C=CCNC(=O)c1nc(N2CCCC2)c2c(C)c(C)n(-c3cccc(Cl)c3)c2n1. The molecule has 1 aromatic carbocycles. The Labute approximate surface area is 175 Å². The van der Waals surface area contributed by atoms with Crippen LogP contribution in [0.3, 0.4) is 0 Å². The van der Waals surface area contributed by atoms with Crippen molar-refractivity contribution in [1.29, 1.82) is 0 Å². The van der Waals surface area contributed by atoms with Crippen molar-refractivity contribution in [2.75, 3.05) is 24.5 Å². The highest BCUT2D eigenvalue weighted by molar-refractivity contribution is 6.30. The lowest BCUT2D eigenvalue weighted by Crippen LogP contribution is -2.27. The molecule has 0 saturated carbocycles. The molecule has 0 radical (unpaired) electrons. The second-order valence-corrected chi connectivity index (χ2v) is 7.72. The van der Waals surface area contributed by atoms with Crippen molar-refractivity contribution in [3.05, 3.63) is 59.0 Å². The number of nitrogens with zero attached hydrogens (tertiary/aromatic N) is 4. The van der Waals surface area contributed by atoms with E-state index in [1.807, 2.05) is 24.3 Å². The van der Waals surface area contributed by atoms with Crippen molar-refractivity contribution in [2.45, 2.75) is 26.7 Å². The molecule has 29 heavy (non-hydrogen) atoms. The maximum atomic E-state index is 12.7. The van der Waals surface area contributed by atoms with E-state index >= 15 is 0 Å². The van der Waals surface area contributed by atoms with Gasteiger partial charge < -0.3 is 10.2 Å². The molecule has 1 amide bonds. The average molecular weight is 410 g/mol. The Bertz CT molecular complexity index is 1100. The quantitative estimate of drug-likeness (QED) is 0.641. The molecule has 1 fully saturated rings. The summed E-state index contributed by atoms with van der Waals surface area (Å²) in [5, 5.41) is 4.43. The van der Waals surface area contributed by atoms with Crippen LogP contribution in [0.4, 0.5) is 5.82 Å². The summed E-state index contributed by atoms with van der Waals surface area (Å²) in [5.74, 6) is 0.695. The fourth-order valence-corrected chi connectivity index (χ4v) is 4.06. The van der Waals surface area contributed by atoms with Gasteiger partial charge in [0.15, 0.2) is 5.65 Å². The smallest absolute Gasteiger partial charge is 0.289 e. The van der Waals surface area contributed by atoms with E-state index in [4.69, 9.17) is 16.6 Å². The number of nitrogens with one attached hydrogen (secondary N) is 1. The number of halogens is 1. The molecule has 0 aliphatic carbocycles. The molecule has 0 bridgehead atoms. The van der Waals surface area contributed by atoms with E-state index in [0.29, 0.717) is 11.6 Å². The first-order valence-electron chi connectivity index (χ1n) is 9.81. The fourth-order valence-electron chi connectivity index (χ4n) is 3.88. The third kappa shape index (κ3) is 3.49. The number of benzene rings is 1. The van der Waals surface area contributed by atoms with Gasteiger partial charge in [0.2, 0.25) is 5.82 Å². The van der Waals surface area contributed by atoms with Crippen molar-refractivity contribution < 1.29 is 4.79 Å². The zero-order valence-corrected chi connectivity index (χ0v) is 17.5. The predicted octanol–water partition coefficient (Wildman–Crippen LogP) is 4.21. The minimum absolute atomic E-state index is 0.169. The van der Waals surface area contributed by atoms with E-state index < -0.39 is 0 Å². The first-order valence-corrected chi connectivity index (χ1v) is 10.2. The number of hydrogen-bond donors (Lipinski definition) is 1.